The third kappa shape index (κ3) is 10.7. The Balaban J connectivity index is 1.85. The highest BCUT2D eigenvalue weighted by atomic mass is 33.1. The summed E-state index contributed by atoms with van der Waals surface area (Å²) in [7, 11) is -14.0. The molecule has 0 spiro atoms. The lowest BCUT2D eigenvalue weighted by Crippen LogP contribution is -2.33. The van der Waals surface area contributed by atoms with Crippen LogP contribution in [0.25, 0.3) is 0 Å². The molecule has 1 aliphatic rings. The number of benzene rings is 1. The molecule has 3 rings (SSSR count). The molecule has 23 heteroatoms. The first-order valence-electron chi connectivity index (χ1n) is 12.5. The van der Waals surface area contributed by atoms with Crippen LogP contribution in [0, 0.1) is 6.92 Å². The summed E-state index contributed by atoms with van der Waals surface area (Å²) in [5.41, 5.74) is 5.02. The van der Waals surface area contributed by atoms with E-state index in [4.69, 9.17) is 29.5 Å². The van der Waals surface area contributed by atoms with Gasteiger partial charge >= 0.3 is 35.1 Å². The van der Waals surface area contributed by atoms with Crippen LogP contribution >= 0.6 is 45.1 Å². The molecule has 0 saturated carbocycles. The number of hydrogen-bond acceptors (Lipinski definition) is 14. The van der Waals surface area contributed by atoms with E-state index in [-0.39, 0.29) is 22.8 Å². The minimum Gasteiger partial charge on any atom is -0.456 e. The van der Waals surface area contributed by atoms with E-state index in [1.54, 1.807) is 18.2 Å². The summed E-state index contributed by atoms with van der Waals surface area (Å²) in [6.45, 7) is 2.83. The molecule has 4 unspecified atom stereocenters. The number of ether oxygens (including phenoxy) is 2. The molecule has 2 aromatic rings. The summed E-state index contributed by atoms with van der Waals surface area (Å²) in [5, 5.41) is -0.161. The first-order valence-corrected chi connectivity index (χ1v) is 19.4. The number of nitrogens with zero attached hydrogens (tertiary/aromatic N) is 1. The van der Waals surface area contributed by atoms with Gasteiger partial charge in [-0.2, -0.15) is 8.62 Å². The van der Waals surface area contributed by atoms with Gasteiger partial charge in [0.15, 0.2) is 0 Å². The van der Waals surface area contributed by atoms with Gasteiger partial charge in [0.05, 0.1) is 12.2 Å². The number of carbonyl (C=O) groups excluding carboxylic acids is 1. The maximum Gasteiger partial charge on any atom is 0.490 e. The van der Waals surface area contributed by atoms with Crippen molar-refractivity contribution >= 4 is 51.0 Å². The highest BCUT2D eigenvalue weighted by Crippen LogP contribution is 2.66. The molecular formula is C21H30N3O15P3S2. The molecule has 1 aromatic heterocycles. The number of aryl methyl sites for hydroxylation is 1. The molecule has 0 radical (unpaired) electrons. The van der Waals surface area contributed by atoms with Crippen LogP contribution in [-0.2, 0) is 36.3 Å². The third-order valence-electron chi connectivity index (χ3n) is 5.75. The first-order chi connectivity index (χ1) is 20.4. The van der Waals surface area contributed by atoms with Gasteiger partial charge in [-0.05, 0) is 25.5 Å². The van der Waals surface area contributed by atoms with E-state index in [0.717, 1.165) is 4.57 Å². The predicted octanol–water partition coefficient (Wildman–Crippen LogP) is 2.10. The number of aromatic nitrogens is 2. The van der Waals surface area contributed by atoms with Gasteiger partial charge in [0, 0.05) is 35.7 Å². The van der Waals surface area contributed by atoms with Crippen LogP contribution in [0.5, 0.6) is 0 Å². The Bertz CT molecular complexity index is 1600. The second-order valence-electron chi connectivity index (χ2n) is 9.11. The summed E-state index contributed by atoms with van der Waals surface area (Å²) in [4.78, 5) is 76.5. The van der Waals surface area contributed by atoms with Gasteiger partial charge in [0.25, 0.3) is 5.56 Å². The van der Waals surface area contributed by atoms with Crippen LogP contribution in [0.15, 0.2) is 40.1 Å². The maximum atomic E-state index is 13.4. The molecule has 0 amide bonds. The Hall–Kier alpha value is -1.60. The van der Waals surface area contributed by atoms with E-state index >= 15 is 0 Å². The Labute approximate surface area is 257 Å². The Morgan fingerprint density at radius 3 is 2.50 bits per heavy atom. The number of carbonyl (C=O) groups is 1. The van der Waals surface area contributed by atoms with Gasteiger partial charge in [0.2, 0.25) is 0 Å². The minimum absolute atomic E-state index is 0.145. The highest BCUT2D eigenvalue weighted by molar-refractivity contribution is 8.76. The van der Waals surface area contributed by atoms with E-state index in [0.29, 0.717) is 17.9 Å². The van der Waals surface area contributed by atoms with Gasteiger partial charge in [-0.25, -0.2) is 23.3 Å². The van der Waals surface area contributed by atoms with E-state index < -0.39 is 65.7 Å². The third-order valence-corrected chi connectivity index (χ3v) is 12.4. The van der Waals surface area contributed by atoms with Gasteiger partial charge in [-0.3, -0.25) is 18.9 Å². The molecule has 44 heavy (non-hydrogen) atoms. The van der Waals surface area contributed by atoms with Gasteiger partial charge < -0.3 is 34.8 Å². The summed E-state index contributed by atoms with van der Waals surface area (Å²) < 4.78 is 59.5. The summed E-state index contributed by atoms with van der Waals surface area (Å²) >= 11 is 0. The second-order valence-corrected chi connectivity index (χ2v) is 16.4. The summed E-state index contributed by atoms with van der Waals surface area (Å²) in [5.74, 6) is -0.122. The molecule has 7 N–H and O–H groups in total. The van der Waals surface area contributed by atoms with Gasteiger partial charge in [-0.15, -0.1) is 0 Å². The van der Waals surface area contributed by atoms with Crippen LogP contribution < -0.4 is 17.0 Å². The van der Waals surface area contributed by atoms with Crippen molar-refractivity contribution in [2.75, 3.05) is 18.9 Å². The van der Waals surface area contributed by atoms with Gasteiger partial charge in [-0.1, -0.05) is 39.8 Å². The Morgan fingerprint density at radius 1 is 1.16 bits per heavy atom. The van der Waals surface area contributed by atoms with Crippen LogP contribution in [-0.4, -0.2) is 66.2 Å². The maximum absolute atomic E-state index is 13.4. The molecule has 1 saturated heterocycles. The molecule has 2 heterocycles. The number of nitrogens with two attached hydrogens (primary N) is 1. The lowest BCUT2D eigenvalue weighted by molar-refractivity contribution is -0.0512. The number of aromatic amines is 1. The molecule has 1 fully saturated rings. The van der Waals surface area contributed by atoms with Crippen LogP contribution in [0.1, 0.15) is 46.3 Å². The fourth-order valence-corrected chi connectivity index (χ4v) is 9.14. The lowest BCUT2D eigenvalue weighted by atomic mass is 10.0. The quantitative estimate of drug-likeness (QED) is 0.0665. The molecule has 246 valence electrons. The van der Waals surface area contributed by atoms with Crippen molar-refractivity contribution in [2.24, 2.45) is 5.73 Å². The molecule has 0 bridgehead atoms. The molecular weight excluding hydrogens is 691 g/mol. The van der Waals surface area contributed by atoms with Crippen molar-refractivity contribution in [1.82, 2.24) is 9.55 Å². The van der Waals surface area contributed by atoms with E-state index in [9.17, 15) is 37.9 Å². The monoisotopic (exact) mass is 721 g/mol. The zero-order valence-corrected chi connectivity index (χ0v) is 27.3. The zero-order valence-electron chi connectivity index (χ0n) is 23.0. The number of phosphoric acid groups is 3. The number of hydrogen-bond donors (Lipinski definition) is 6. The first kappa shape index (κ1) is 36.9. The Kier molecular flexibility index (Phi) is 12.8. The largest absolute Gasteiger partial charge is 0.490 e. The molecule has 0 aliphatic carbocycles. The molecule has 1 aliphatic heterocycles. The second kappa shape index (κ2) is 15.3. The van der Waals surface area contributed by atoms with Crippen LogP contribution in [0.4, 0.5) is 0 Å². The smallest absolute Gasteiger partial charge is 0.456 e. The van der Waals surface area contributed by atoms with Crippen molar-refractivity contribution in [2.45, 2.75) is 44.0 Å². The fraction of sp³-hybridized carbons (Fsp3) is 0.476. The average Bonchev–Trinajstić information content (AvgIpc) is 3.29. The molecule has 1 aromatic carbocycles. The van der Waals surface area contributed by atoms with Crippen LogP contribution in [0.2, 0.25) is 0 Å². The standard InChI is InChI=1S/C21H30N3O15P3S2/c1-12-10-24(21(27)23-19(12)25)18-9-16(17(36-18)11-35-41(31,32)39-42(33,34)38-40(28,29)30)37-20(26)15-6-4-3-5-14(15)13(2)44-43-8-7-22/h3-6,10,13,16-18H,7-9,11,22H2,1-2H3,(H,31,32)(H,33,34)(H,23,25,27)(H2,28,29,30)/t13?,16-,17?,18-/m1/s1. The number of rotatable bonds is 15. The van der Waals surface area contributed by atoms with Gasteiger partial charge in [0.1, 0.15) is 18.4 Å². The van der Waals surface area contributed by atoms with Crippen molar-refractivity contribution < 1.29 is 60.7 Å². The van der Waals surface area contributed by atoms with E-state index in [1.807, 2.05) is 6.92 Å². The van der Waals surface area contributed by atoms with E-state index in [1.165, 1.54) is 40.8 Å². The van der Waals surface area contributed by atoms with Crippen molar-refractivity contribution in [1.29, 1.82) is 0 Å². The zero-order chi connectivity index (χ0) is 32.9. The molecule has 6 atom stereocenters. The normalized spacial score (nSPS) is 22.2. The average molecular weight is 722 g/mol. The summed E-state index contributed by atoms with van der Waals surface area (Å²) in [6.07, 6.45) is -2.83. The van der Waals surface area contributed by atoms with Crippen LogP contribution in [0.3, 0.4) is 0 Å². The number of nitrogens with one attached hydrogen (secondary N) is 1. The number of esters is 1. The van der Waals surface area contributed by atoms with Crippen molar-refractivity contribution in [3.8, 4) is 0 Å². The minimum atomic E-state index is -5.79. The number of H-pyrrole nitrogens is 1. The fourth-order valence-electron chi connectivity index (χ4n) is 3.90. The van der Waals surface area contributed by atoms with Crippen molar-refractivity contribution in [3.05, 3.63) is 68.0 Å². The Morgan fingerprint density at radius 2 is 1.84 bits per heavy atom. The number of phosphoric ester groups is 1. The highest BCUT2D eigenvalue weighted by Gasteiger charge is 2.44. The van der Waals surface area contributed by atoms with Crippen molar-refractivity contribution in [3.63, 3.8) is 0 Å². The van der Waals surface area contributed by atoms with E-state index in [2.05, 4.69) is 13.6 Å². The SMILES string of the molecule is Cc1cn([C@H]2C[C@@H](OC(=O)c3ccccc3C(C)SSCCN)C(COP(=O)(O)OP(=O)(O)OP(=O)(O)O)O2)c(=O)[nH]c1=O. The lowest BCUT2D eigenvalue weighted by Gasteiger charge is -2.22. The molecule has 18 nitrogen and oxygen atoms in total. The predicted molar refractivity (Wildman–Crippen MR) is 158 cm³/mol. The summed E-state index contributed by atoms with van der Waals surface area (Å²) in [6, 6.07) is 6.63. The topological polar surface area (TPSA) is 276 Å².